The summed E-state index contributed by atoms with van der Waals surface area (Å²) in [6.07, 6.45) is 0. The lowest BCUT2D eigenvalue weighted by Gasteiger charge is -2.07. The quantitative estimate of drug-likeness (QED) is 0.504. The Balaban J connectivity index is 2.34. The van der Waals surface area contributed by atoms with Gasteiger partial charge in [0, 0.05) is 12.1 Å². The zero-order valence-corrected chi connectivity index (χ0v) is 10.4. The molecule has 3 rings (SSSR count). The molecule has 0 amide bonds. The van der Waals surface area contributed by atoms with Crippen molar-refractivity contribution >= 4 is 16.5 Å². The summed E-state index contributed by atoms with van der Waals surface area (Å²) < 4.78 is 13.7. The van der Waals surface area contributed by atoms with Crippen LogP contribution in [0.2, 0.25) is 0 Å². The summed E-state index contributed by atoms with van der Waals surface area (Å²) in [5.41, 5.74) is 1.49. The highest BCUT2D eigenvalue weighted by molar-refractivity contribution is 5.97. The minimum atomic E-state index is -0.447. The molecule has 0 saturated heterocycles. The first kappa shape index (κ1) is 12.3. The fourth-order valence-electron chi connectivity index (χ4n) is 2.28. The first-order valence-corrected chi connectivity index (χ1v) is 6.08. The van der Waals surface area contributed by atoms with E-state index in [1.807, 2.05) is 30.3 Å². The van der Waals surface area contributed by atoms with E-state index in [1.54, 1.807) is 6.07 Å². The van der Waals surface area contributed by atoms with Gasteiger partial charge in [-0.2, -0.15) is 0 Å². The van der Waals surface area contributed by atoms with E-state index >= 15 is 0 Å². The maximum atomic E-state index is 13.7. The van der Waals surface area contributed by atoms with Gasteiger partial charge in [-0.1, -0.05) is 30.3 Å². The van der Waals surface area contributed by atoms with Crippen molar-refractivity contribution in [3.05, 3.63) is 76.6 Å². The van der Waals surface area contributed by atoms with Gasteiger partial charge < -0.3 is 0 Å². The molecular weight excluding hydrogens is 257 g/mol. The van der Waals surface area contributed by atoms with Crippen LogP contribution in [0.15, 0.2) is 60.7 Å². The number of hydrogen-bond donors (Lipinski definition) is 0. The number of nitro groups is 1. The van der Waals surface area contributed by atoms with Crippen LogP contribution >= 0.6 is 0 Å². The van der Waals surface area contributed by atoms with Crippen molar-refractivity contribution in [2.24, 2.45) is 0 Å². The monoisotopic (exact) mass is 267 g/mol. The molecule has 0 heterocycles. The van der Waals surface area contributed by atoms with Crippen LogP contribution in [0.4, 0.5) is 10.1 Å². The van der Waals surface area contributed by atoms with Crippen molar-refractivity contribution in [1.29, 1.82) is 0 Å². The lowest BCUT2D eigenvalue weighted by Crippen LogP contribution is -1.90. The number of nitrogens with zero attached hydrogens (tertiary/aromatic N) is 1. The molecule has 4 heteroatoms. The van der Waals surface area contributed by atoms with Gasteiger partial charge in [-0.3, -0.25) is 10.1 Å². The third-order valence-electron chi connectivity index (χ3n) is 3.20. The molecule has 0 aromatic heterocycles. The van der Waals surface area contributed by atoms with Crippen LogP contribution in [0, 0.1) is 15.9 Å². The number of fused-ring (bicyclic) bond motifs is 1. The lowest BCUT2D eigenvalue weighted by atomic mass is 9.97. The molecule has 0 bridgehead atoms. The van der Waals surface area contributed by atoms with E-state index in [4.69, 9.17) is 0 Å². The van der Waals surface area contributed by atoms with Crippen LogP contribution in [0.3, 0.4) is 0 Å². The summed E-state index contributed by atoms with van der Waals surface area (Å²) >= 11 is 0. The van der Waals surface area contributed by atoms with Crippen molar-refractivity contribution in [1.82, 2.24) is 0 Å². The van der Waals surface area contributed by atoms with E-state index < -0.39 is 4.92 Å². The topological polar surface area (TPSA) is 43.1 Å². The van der Waals surface area contributed by atoms with Crippen molar-refractivity contribution in [2.45, 2.75) is 0 Å². The predicted octanol–water partition coefficient (Wildman–Crippen LogP) is 4.55. The second-order valence-corrected chi connectivity index (χ2v) is 4.48. The van der Waals surface area contributed by atoms with E-state index in [-0.39, 0.29) is 11.5 Å². The maximum absolute atomic E-state index is 13.7. The summed E-state index contributed by atoms with van der Waals surface area (Å²) in [5, 5.41) is 12.2. The number of nitro benzene ring substituents is 1. The standard InChI is InChI=1S/C16H10FNO2/c17-13-8-12-6-7-14(18(19)20)10-16(12)15(9-13)11-4-2-1-3-5-11/h1-10H. The molecule has 0 aliphatic carbocycles. The smallest absolute Gasteiger partial charge is 0.258 e. The molecule has 0 atom stereocenters. The molecule has 3 nitrogen and oxygen atoms in total. The zero-order valence-electron chi connectivity index (χ0n) is 10.4. The number of halogens is 1. The summed E-state index contributed by atoms with van der Waals surface area (Å²) in [6, 6.07) is 16.5. The van der Waals surface area contributed by atoms with Gasteiger partial charge >= 0.3 is 0 Å². The first-order valence-electron chi connectivity index (χ1n) is 6.08. The summed E-state index contributed by atoms with van der Waals surface area (Å²) in [7, 11) is 0. The van der Waals surface area contributed by atoms with Crippen LogP contribution in [-0.4, -0.2) is 4.92 Å². The fraction of sp³-hybridized carbons (Fsp3) is 0. The molecule has 0 unspecified atom stereocenters. The third-order valence-corrected chi connectivity index (χ3v) is 3.20. The highest BCUT2D eigenvalue weighted by Crippen LogP contribution is 2.32. The van der Waals surface area contributed by atoms with Crippen LogP contribution in [0.25, 0.3) is 21.9 Å². The summed E-state index contributed by atoms with van der Waals surface area (Å²) in [6.45, 7) is 0. The maximum Gasteiger partial charge on any atom is 0.270 e. The van der Waals surface area contributed by atoms with E-state index in [0.29, 0.717) is 16.3 Å². The molecular formula is C16H10FNO2. The third kappa shape index (κ3) is 2.12. The molecule has 20 heavy (non-hydrogen) atoms. The van der Waals surface area contributed by atoms with Gasteiger partial charge in [0.2, 0.25) is 0 Å². The van der Waals surface area contributed by atoms with Gasteiger partial charge in [-0.25, -0.2) is 4.39 Å². The number of rotatable bonds is 2. The van der Waals surface area contributed by atoms with Crippen molar-refractivity contribution in [3.63, 3.8) is 0 Å². The molecule has 0 fully saturated rings. The molecule has 0 aliphatic rings. The normalized spacial score (nSPS) is 10.7. The van der Waals surface area contributed by atoms with E-state index in [1.165, 1.54) is 24.3 Å². The molecule has 0 saturated carbocycles. The van der Waals surface area contributed by atoms with Gasteiger partial charge in [-0.05, 0) is 40.1 Å². The Morgan fingerprint density at radius 2 is 1.70 bits per heavy atom. The zero-order chi connectivity index (χ0) is 14.1. The van der Waals surface area contributed by atoms with E-state index in [9.17, 15) is 14.5 Å². The number of hydrogen-bond acceptors (Lipinski definition) is 2. The number of non-ortho nitro benzene ring substituents is 1. The van der Waals surface area contributed by atoms with E-state index in [0.717, 1.165) is 5.56 Å². The van der Waals surface area contributed by atoms with Crippen molar-refractivity contribution in [2.75, 3.05) is 0 Å². The average molecular weight is 267 g/mol. The van der Waals surface area contributed by atoms with Gasteiger partial charge in [0.05, 0.1) is 4.92 Å². The molecule has 3 aromatic carbocycles. The Kier molecular flexibility index (Phi) is 2.91. The predicted molar refractivity (Wildman–Crippen MR) is 76.0 cm³/mol. The Morgan fingerprint density at radius 3 is 2.40 bits per heavy atom. The van der Waals surface area contributed by atoms with Crippen molar-refractivity contribution < 1.29 is 9.31 Å². The van der Waals surface area contributed by atoms with Gasteiger partial charge in [-0.15, -0.1) is 0 Å². The lowest BCUT2D eigenvalue weighted by molar-refractivity contribution is -0.384. The SMILES string of the molecule is O=[N+]([O-])c1ccc2cc(F)cc(-c3ccccc3)c2c1. The fourth-order valence-corrected chi connectivity index (χ4v) is 2.28. The van der Waals surface area contributed by atoms with Crippen LogP contribution in [-0.2, 0) is 0 Å². The first-order chi connectivity index (χ1) is 9.65. The molecule has 0 N–H and O–H groups in total. The van der Waals surface area contributed by atoms with Gasteiger partial charge in [0.15, 0.2) is 0 Å². The highest BCUT2D eigenvalue weighted by atomic mass is 19.1. The average Bonchev–Trinajstić information content (AvgIpc) is 2.46. The second-order valence-electron chi connectivity index (χ2n) is 4.48. The summed E-state index contributed by atoms with van der Waals surface area (Å²) in [5.74, 6) is -0.356. The highest BCUT2D eigenvalue weighted by Gasteiger charge is 2.11. The van der Waals surface area contributed by atoms with Crippen molar-refractivity contribution in [3.8, 4) is 11.1 Å². The largest absolute Gasteiger partial charge is 0.270 e. The minimum Gasteiger partial charge on any atom is -0.258 e. The Bertz CT molecular complexity index is 800. The minimum absolute atomic E-state index is 0.00119. The molecule has 98 valence electrons. The summed E-state index contributed by atoms with van der Waals surface area (Å²) in [4.78, 5) is 10.4. The van der Waals surface area contributed by atoms with Gasteiger partial charge in [0.1, 0.15) is 5.82 Å². The number of benzene rings is 3. The molecule has 0 spiro atoms. The molecule has 3 aromatic rings. The Labute approximate surface area is 114 Å². The van der Waals surface area contributed by atoms with Crippen LogP contribution in [0.1, 0.15) is 0 Å². The molecule has 0 aliphatic heterocycles. The molecule has 0 radical (unpaired) electrons. The Hall–Kier alpha value is -2.75. The van der Waals surface area contributed by atoms with E-state index in [2.05, 4.69) is 0 Å². The Morgan fingerprint density at radius 1 is 0.950 bits per heavy atom. The van der Waals surface area contributed by atoms with Crippen LogP contribution in [0.5, 0.6) is 0 Å². The second kappa shape index (κ2) is 4.74. The van der Waals surface area contributed by atoms with Gasteiger partial charge in [0.25, 0.3) is 5.69 Å². The van der Waals surface area contributed by atoms with Crippen LogP contribution < -0.4 is 0 Å².